The summed E-state index contributed by atoms with van der Waals surface area (Å²) in [6.45, 7) is 4.25. The van der Waals surface area contributed by atoms with Crippen molar-refractivity contribution in [1.82, 2.24) is 9.80 Å². The molecule has 0 atom stereocenters. The number of likely N-dealkylation sites (N-methyl/N-ethyl adjacent to an activating group) is 1. The minimum atomic E-state index is -0.100. The monoisotopic (exact) mass is 250 g/mol. The number of phenolic OH excluding ortho intramolecular Hbond substituents is 1. The van der Waals surface area contributed by atoms with Gasteiger partial charge in [-0.05, 0) is 32.6 Å². The summed E-state index contributed by atoms with van der Waals surface area (Å²) in [5.41, 5.74) is 0.379. The van der Waals surface area contributed by atoms with E-state index in [2.05, 4.69) is 0 Å². The van der Waals surface area contributed by atoms with Gasteiger partial charge in [-0.15, -0.1) is 0 Å². The summed E-state index contributed by atoms with van der Waals surface area (Å²) in [6.07, 6.45) is 0.909. The first-order valence-corrected chi connectivity index (χ1v) is 6.28. The van der Waals surface area contributed by atoms with Gasteiger partial charge in [0.2, 0.25) is 0 Å². The highest BCUT2D eigenvalue weighted by Crippen LogP contribution is 2.17. The van der Waals surface area contributed by atoms with Gasteiger partial charge in [-0.3, -0.25) is 4.79 Å². The molecule has 1 rings (SSSR count). The molecule has 18 heavy (non-hydrogen) atoms. The van der Waals surface area contributed by atoms with Crippen molar-refractivity contribution in [2.45, 2.75) is 13.3 Å². The number of amides is 1. The van der Waals surface area contributed by atoms with Gasteiger partial charge in [-0.2, -0.15) is 0 Å². The van der Waals surface area contributed by atoms with Crippen LogP contribution in [0.3, 0.4) is 0 Å². The van der Waals surface area contributed by atoms with Crippen molar-refractivity contribution in [3.63, 3.8) is 0 Å². The van der Waals surface area contributed by atoms with Crippen LogP contribution in [0.15, 0.2) is 24.3 Å². The van der Waals surface area contributed by atoms with Gasteiger partial charge in [0, 0.05) is 19.6 Å². The van der Waals surface area contributed by atoms with Gasteiger partial charge in [-0.1, -0.05) is 19.1 Å². The van der Waals surface area contributed by atoms with Crippen LogP contribution in [0.4, 0.5) is 0 Å². The topological polar surface area (TPSA) is 43.8 Å². The van der Waals surface area contributed by atoms with Gasteiger partial charge in [0.15, 0.2) is 0 Å². The Kier molecular flexibility index (Phi) is 5.65. The highest BCUT2D eigenvalue weighted by atomic mass is 16.3. The third-order valence-electron chi connectivity index (χ3n) is 2.73. The average molecular weight is 250 g/mol. The summed E-state index contributed by atoms with van der Waals surface area (Å²) in [4.78, 5) is 16.1. The normalized spacial score (nSPS) is 10.7. The number of hydrogen-bond acceptors (Lipinski definition) is 3. The van der Waals surface area contributed by atoms with E-state index in [1.54, 1.807) is 29.2 Å². The molecule has 0 aromatic heterocycles. The van der Waals surface area contributed by atoms with Crippen molar-refractivity contribution in [1.29, 1.82) is 0 Å². The van der Waals surface area contributed by atoms with E-state index < -0.39 is 0 Å². The quantitative estimate of drug-likeness (QED) is 0.837. The van der Waals surface area contributed by atoms with E-state index in [9.17, 15) is 9.90 Å². The number of carbonyl (C=O) groups excluding carboxylic acids is 1. The number of aromatic hydroxyl groups is 1. The van der Waals surface area contributed by atoms with Gasteiger partial charge in [0.25, 0.3) is 5.91 Å². The zero-order chi connectivity index (χ0) is 13.5. The third kappa shape index (κ3) is 4.04. The molecule has 0 radical (unpaired) electrons. The Bertz CT molecular complexity index is 391. The van der Waals surface area contributed by atoms with Crippen LogP contribution in [-0.2, 0) is 0 Å². The number of para-hydroxylation sites is 1. The highest BCUT2D eigenvalue weighted by Gasteiger charge is 2.17. The molecule has 0 aliphatic rings. The molecule has 0 aliphatic carbocycles. The third-order valence-corrected chi connectivity index (χ3v) is 2.73. The minimum absolute atomic E-state index is 0.0495. The predicted octanol–water partition coefficient (Wildman–Crippen LogP) is 1.81. The Morgan fingerprint density at radius 1 is 1.17 bits per heavy atom. The number of nitrogens with zero attached hydrogens (tertiary/aromatic N) is 2. The Balaban J connectivity index is 2.79. The predicted molar refractivity (Wildman–Crippen MR) is 72.9 cm³/mol. The zero-order valence-electron chi connectivity index (χ0n) is 11.4. The standard InChI is InChI=1S/C14H22N2O2/c1-4-9-16(11-10-15(2)3)14(18)12-7-5-6-8-13(12)17/h5-8,17H,4,9-11H2,1-3H3. The van der Waals surface area contributed by atoms with E-state index in [0.717, 1.165) is 13.0 Å². The van der Waals surface area contributed by atoms with Crippen LogP contribution in [0.1, 0.15) is 23.7 Å². The zero-order valence-corrected chi connectivity index (χ0v) is 11.4. The molecule has 0 saturated carbocycles. The molecule has 1 aromatic carbocycles. The second kappa shape index (κ2) is 7.01. The lowest BCUT2D eigenvalue weighted by molar-refractivity contribution is 0.0742. The molecule has 0 heterocycles. The fourth-order valence-corrected chi connectivity index (χ4v) is 1.73. The highest BCUT2D eigenvalue weighted by molar-refractivity contribution is 5.96. The molecule has 1 N–H and O–H groups in total. The maximum Gasteiger partial charge on any atom is 0.257 e. The maximum absolute atomic E-state index is 12.3. The van der Waals surface area contributed by atoms with Crippen molar-refractivity contribution in [2.24, 2.45) is 0 Å². The molecule has 0 aliphatic heterocycles. The minimum Gasteiger partial charge on any atom is -0.507 e. The lowest BCUT2D eigenvalue weighted by atomic mass is 10.1. The SMILES string of the molecule is CCCN(CCN(C)C)C(=O)c1ccccc1O. The van der Waals surface area contributed by atoms with Crippen molar-refractivity contribution in [3.05, 3.63) is 29.8 Å². The van der Waals surface area contributed by atoms with Gasteiger partial charge >= 0.3 is 0 Å². The fraction of sp³-hybridized carbons (Fsp3) is 0.500. The van der Waals surface area contributed by atoms with Crippen LogP contribution in [0.5, 0.6) is 5.75 Å². The summed E-state index contributed by atoms with van der Waals surface area (Å²) in [6, 6.07) is 6.69. The number of hydrogen-bond donors (Lipinski definition) is 1. The summed E-state index contributed by atoms with van der Waals surface area (Å²) < 4.78 is 0. The molecule has 1 aromatic rings. The molecule has 0 bridgehead atoms. The molecule has 0 fully saturated rings. The van der Waals surface area contributed by atoms with Crippen LogP contribution in [0.25, 0.3) is 0 Å². The average Bonchev–Trinajstić information content (AvgIpc) is 2.34. The molecular formula is C14H22N2O2. The van der Waals surface area contributed by atoms with E-state index in [1.165, 1.54) is 0 Å². The molecule has 0 saturated heterocycles. The first-order chi connectivity index (χ1) is 8.56. The Morgan fingerprint density at radius 3 is 2.39 bits per heavy atom. The summed E-state index contributed by atoms with van der Waals surface area (Å²) in [5, 5.41) is 9.72. The van der Waals surface area contributed by atoms with E-state index >= 15 is 0 Å². The van der Waals surface area contributed by atoms with E-state index in [-0.39, 0.29) is 11.7 Å². The lowest BCUT2D eigenvalue weighted by Gasteiger charge is -2.24. The largest absolute Gasteiger partial charge is 0.507 e. The summed E-state index contributed by atoms with van der Waals surface area (Å²) >= 11 is 0. The Hall–Kier alpha value is -1.55. The summed E-state index contributed by atoms with van der Waals surface area (Å²) in [5.74, 6) is -0.0507. The fourth-order valence-electron chi connectivity index (χ4n) is 1.73. The van der Waals surface area contributed by atoms with Crippen molar-refractivity contribution in [3.8, 4) is 5.75 Å². The molecule has 1 amide bonds. The van der Waals surface area contributed by atoms with Crippen LogP contribution in [-0.4, -0.2) is 54.5 Å². The van der Waals surface area contributed by atoms with Gasteiger partial charge in [-0.25, -0.2) is 0 Å². The molecule has 0 unspecified atom stereocenters. The second-order valence-electron chi connectivity index (χ2n) is 4.61. The van der Waals surface area contributed by atoms with Gasteiger partial charge in [0.05, 0.1) is 5.56 Å². The van der Waals surface area contributed by atoms with E-state index in [1.807, 2.05) is 25.9 Å². The van der Waals surface area contributed by atoms with Crippen LogP contribution in [0, 0.1) is 0 Å². The Labute approximate surface area is 109 Å². The smallest absolute Gasteiger partial charge is 0.257 e. The van der Waals surface area contributed by atoms with Crippen LogP contribution < -0.4 is 0 Å². The molecular weight excluding hydrogens is 228 g/mol. The van der Waals surface area contributed by atoms with E-state index in [4.69, 9.17) is 0 Å². The molecule has 4 nitrogen and oxygen atoms in total. The van der Waals surface area contributed by atoms with Gasteiger partial charge < -0.3 is 14.9 Å². The summed E-state index contributed by atoms with van der Waals surface area (Å²) in [7, 11) is 3.96. The second-order valence-corrected chi connectivity index (χ2v) is 4.61. The van der Waals surface area contributed by atoms with Crippen LogP contribution in [0.2, 0.25) is 0 Å². The number of phenols is 1. The Morgan fingerprint density at radius 2 is 1.83 bits per heavy atom. The number of rotatable bonds is 6. The number of carbonyl (C=O) groups is 1. The molecule has 100 valence electrons. The van der Waals surface area contributed by atoms with E-state index in [0.29, 0.717) is 18.7 Å². The molecule has 0 spiro atoms. The molecule has 4 heteroatoms. The van der Waals surface area contributed by atoms with Crippen LogP contribution >= 0.6 is 0 Å². The first kappa shape index (κ1) is 14.5. The first-order valence-electron chi connectivity index (χ1n) is 6.28. The van der Waals surface area contributed by atoms with Crippen molar-refractivity contribution in [2.75, 3.05) is 33.7 Å². The van der Waals surface area contributed by atoms with Crippen molar-refractivity contribution < 1.29 is 9.90 Å². The van der Waals surface area contributed by atoms with Crippen molar-refractivity contribution >= 4 is 5.91 Å². The van der Waals surface area contributed by atoms with Gasteiger partial charge in [0.1, 0.15) is 5.75 Å². The lowest BCUT2D eigenvalue weighted by Crippen LogP contribution is -2.37. The number of benzene rings is 1. The maximum atomic E-state index is 12.3.